The lowest BCUT2D eigenvalue weighted by Gasteiger charge is -2.13. The first-order valence-corrected chi connectivity index (χ1v) is 7.55. The summed E-state index contributed by atoms with van der Waals surface area (Å²) in [6.07, 6.45) is -0.286. The molecule has 0 amide bonds. The van der Waals surface area contributed by atoms with E-state index in [1.807, 2.05) is 11.8 Å². The summed E-state index contributed by atoms with van der Waals surface area (Å²) < 4.78 is 10.5. The van der Waals surface area contributed by atoms with Crippen LogP contribution in [0.1, 0.15) is 23.0 Å². The summed E-state index contributed by atoms with van der Waals surface area (Å²) in [6.45, 7) is 2.11. The van der Waals surface area contributed by atoms with Crippen molar-refractivity contribution in [3.63, 3.8) is 0 Å². The molecule has 0 aliphatic rings. The molecule has 0 bridgehead atoms. The maximum Gasteiger partial charge on any atom is 0.183 e. The van der Waals surface area contributed by atoms with Gasteiger partial charge in [-0.05, 0) is 24.6 Å². The largest absolute Gasteiger partial charge is 0.352 e. The fraction of sp³-hybridized carbons (Fsp3) is 0.294. The minimum atomic E-state index is -0.286. The third-order valence-electron chi connectivity index (χ3n) is 3.11. The third-order valence-corrected chi connectivity index (χ3v) is 4.19. The molecule has 0 saturated carbocycles. The first-order valence-electron chi connectivity index (χ1n) is 6.57. The van der Waals surface area contributed by atoms with Crippen LogP contribution in [0.4, 0.5) is 0 Å². The average Bonchev–Trinajstić information content (AvgIpc) is 2.49. The van der Waals surface area contributed by atoms with E-state index in [2.05, 4.69) is 55.5 Å². The van der Waals surface area contributed by atoms with Crippen molar-refractivity contribution in [2.45, 2.75) is 23.9 Å². The molecule has 2 aromatic carbocycles. The molecule has 0 unspecified atom stereocenters. The van der Waals surface area contributed by atoms with E-state index >= 15 is 0 Å². The van der Waals surface area contributed by atoms with Crippen molar-refractivity contribution in [1.29, 1.82) is 0 Å². The topological polar surface area (TPSA) is 18.5 Å². The Labute approximate surface area is 125 Å². The van der Waals surface area contributed by atoms with Crippen LogP contribution in [0, 0.1) is 6.92 Å². The van der Waals surface area contributed by atoms with Crippen molar-refractivity contribution in [3.05, 3.63) is 65.2 Å². The standard InChI is InChI=1S/C17H20O2S/c1-13-4-6-14(7-5-13)12-20-16-10-8-15(9-11-16)17(18-2)19-3/h4-11,17H,12H2,1-3H3. The molecule has 3 heteroatoms. The number of rotatable bonds is 6. The number of benzene rings is 2. The van der Waals surface area contributed by atoms with Crippen LogP contribution in [0.5, 0.6) is 0 Å². The highest BCUT2D eigenvalue weighted by Gasteiger charge is 2.08. The summed E-state index contributed by atoms with van der Waals surface area (Å²) >= 11 is 1.83. The number of hydrogen-bond acceptors (Lipinski definition) is 3. The summed E-state index contributed by atoms with van der Waals surface area (Å²) in [5.41, 5.74) is 3.68. The van der Waals surface area contributed by atoms with Crippen molar-refractivity contribution in [1.82, 2.24) is 0 Å². The van der Waals surface area contributed by atoms with E-state index in [1.54, 1.807) is 14.2 Å². The van der Waals surface area contributed by atoms with E-state index in [1.165, 1.54) is 16.0 Å². The van der Waals surface area contributed by atoms with Gasteiger partial charge >= 0.3 is 0 Å². The van der Waals surface area contributed by atoms with Crippen LogP contribution in [0.25, 0.3) is 0 Å². The highest BCUT2D eigenvalue weighted by Crippen LogP contribution is 2.25. The molecule has 0 fully saturated rings. The molecule has 2 rings (SSSR count). The van der Waals surface area contributed by atoms with E-state index in [0.29, 0.717) is 0 Å². The fourth-order valence-corrected chi connectivity index (χ4v) is 2.79. The zero-order valence-electron chi connectivity index (χ0n) is 12.1. The maximum absolute atomic E-state index is 5.24. The molecule has 0 aliphatic carbocycles. The van der Waals surface area contributed by atoms with Crippen LogP contribution < -0.4 is 0 Å². The van der Waals surface area contributed by atoms with Gasteiger partial charge in [0.1, 0.15) is 0 Å². The molecule has 0 heterocycles. The lowest BCUT2D eigenvalue weighted by Crippen LogP contribution is -2.02. The van der Waals surface area contributed by atoms with Gasteiger partial charge in [0.05, 0.1) is 0 Å². The van der Waals surface area contributed by atoms with E-state index in [0.717, 1.165) is 11.3 Å². The van der Waals surface area contributed by atoms with Gasteiger partial charge in [0, 0.05) is 30.4 Å². The van der Waals surface area contributed by atoms with Crippen LogP contribution in [-0.4, -0.2) is 14.2 Å². The third kappa shape index (κ3) is 4.10. The molecule has 0 spiro atoms. The number of hydrogen-bond donors (Lipinski definition) is 0. The molecule has 106 valence electrons. The lowest BCUT2D eigenvalue weighted by molar-refractivity contribution is -0.106. The average molecular weight is 288 g/mol. The monoisotopic (exact) mass is 288 g/mol. The van der Waals surface area contributed by atoms with Gasteiger partial charge < -0.3 is 9.47 Å². The molecule has 0 atom stereocenters. The Morgan fingerprint density at radius 2 is 1.50 bits per heavy atom. The molecule has 0 N–H and O–H groups in total. The van der Waals surface area contributed by atoms with Crippen LogP contribution in [0.2, 0.25) is 0 Å². The van der Waals surface area contributed by atoms with Crippen molar-refractivity contribution in [3.8, 4) is 0 Å². The van der Waals surface area contributed by atoms with Gasteiger partial charge in [-0.1, -0.05) is 42.0 Å². The van der Waals surface area contributed by atoms with E-state index in [4.69, 9.17) is 9.47 Å². The molecule has 20 heavy (non-hydrogen) atoms. The van der Waals surface area contributed by atoms with Gasteiger partial charge in [-0.3, -0.25) is 0 Å². The van der Waals surface area contributed by atoms with Crippen molar-refractivity contribution in [2.75, 3.05) is 14.2 Å². The zero-order chi connectivity index (χ0) is 14.4. The molecule has 2 aromatic rings. The van der Waals surface area contributed by atoms with Crippen LogP contribution in [-0.2, 0) is 15.2 Å². The summed E-state index contributed by atoms with van der Waals surface area (Å²) in [5, 5.41) is 0. The highest BCUT2D eigenvalue weighted by molar-refractivity contribution is 7.98. The molecular formula is C17H20O2S. The first-order chi connectivity index (χ1) is 9.72. The normalized spacial score (nSPS) is 11.0. The fourth-order valence-electron chi connectivity index (χ4n) is 1.94. The second kappa shape index (κ2) is 7.48. The molecule has 0 saturated heterocycles. The molecular weight excluding hydrogens is 268 g/mol. The highest BCUT2D eigenvalue weighted by atomic mass is 32.2. The predicted octanol–water partition coefficient (Wildman–Crippen LogP) is 4.58. The van der Waals surface area contributed by atoms with Crippen molar-refractivity contribution < 1.29 is 9.47 Å². The number of ether oxygens (including phenoxy) is 2. The summed E-state index contributed by atoms with van der Waals surface area (Å²) in [4.78, 5) is 1.25. The number of aryl methyl sites for hydroxylation is 1. The minimum Gasteiger partial charge on any atom is -0.352 e. The second-order valence-corrected chi connectivity index (χ2v) is 5.70. The lowest BCUT2D eigenvalue weighted by atomic mass is 10.2. The smallest absolute Gasteiger partial charge is 0.183 e. The maximum atomic E-state index is 5.24. The van der Waals surface area contributed by atoms with Crippen LogP contribution in [0.15, 0.2) is 53.4 Å². The summed E-state index contributed by atoms with van der Waals surface area (Å²) in [6, 6.07) is 17.0. The van der Waals surface area contributed by atoms with Gasteiger partial charge in [-0.2, -0.15) is 0 Å². The number of methoxy groups -OCH3 is 2. The molecule has 0 aliphatic heterocycles. The predicted molar refractivity (Wildman–Crippen MR) is 83.9 cm³/mol. The van der Waals surface area contributed by atoms with Crippen molar-refractivity contribution >= 4 is 11.8 Å². The Balaban J connectivity index is 1.95. The van der Waals surface area contributed by atoms with Crippen LogP contribution in [0.3, 0.4) is 0 Å². The Morgan fingerprint density at radius 1 is 0.900 bits per heavy atom. The van der Waals surface area contributed by atoms with Gasteiger partial charge in [-0.25, -0.2) is 0 Å². The Bertz CT molecular complexity index is 516. The molecule has 0 radical (unpaired) electrons. The molecule has 2 nitrogen and oxygen atoms in total. The Morgan fingerprint density at radius 3 is 2.05 bits per heavy atom. The van der Waals surface area contributed by atoms with E-state index < -0.39 is 0 Å². The van der Waals surface area contributed by atoms with Crippen LogP contribution >= 0.6 is 11.8 Å². The molecule has 0 aromatic heterocycles. The number of thioether (sulfide) groups is 1. The van der Waals surface area contributed by atoms with E-state index in [9.17, 15) is 0 Å². The van der Waals surface area contributed by atoms with Gasteiger partial charge in [0.2, 0.25) is 0 Å². The van der Waals surface area contributed by atoms with Gasteiger partial charge in [0.25, 0.3) is 0 Å². The SMILES string of the molecule is COC(OC)c1ccc(SCc2ccc(C)cc2)cc1. The first kappa shape index (κ1) is 15.1. The summed E-state index contributed by atoms with van der Waals surface area (Å²) in [5.74, 6) is 0.984. The Kier molecular flexibility index (Phi) is 5.65. The quantitative estimate of drug-likeness (QED) is 0.572. The van der Waals surface area contributed by atoms with Gasteiger partial charge in [0.15, 0.2) is 6.29 Å². The summed E-state index contributed by atoms with van der Waals surface area (Å²) in [7, 11) is 3.29. The van der Waals surface area contributed by atoms with E-state index in [-0.39, 0.29) is 6.29 Å². The zero-order valence-corrected chi connectivity index (χ0v) is 12.9. The van der Waals surface area contributed by atoms with Crippen molar-refractivity contribution in [2.24, 2.45) is 0 Å². The second-order valence-electron chi connectivity index (χ2n) is 4.65. The Hall–Kier alpha value is -1.29. The van der Waals surface area contributed by atoms with Gasteiger partial charge in [-0.15, -0.1) is 11.8 Å². The minimum absolute atomic E-state index is 0.286.